The fraction of sp³-hybridized carbons (Fsp3) is 0.188. The third-order valence-electron chi connectivity index (χ3n) is 3.12. The quantitative estimate of drug-likeness (QED) is 0.853. The monoisotopic (exact) mass is 333 g/mol. The fourth-order valence-electron chi connectivity index (χ4n) is 1.92. The van der Waals surface area contributed by atoms with Gasteiger partial charge in [-0.15, -0.1) is 0 Å². The zero-order valence-electron chi connectivity index (χ0n) is 11.2. The van der Waals surface area contributed by atoms with Crippen LogP contribution in [0.15, 0.2) is 46.9 Å². The minimum Gasteiger partial charge on any atom is -0.497 e. The van der Waals surface area contributed by atoms with Crippen LogP contribution in [0.3, 0.4) is 0 Å². The lowest BCUT2D eigenvalue weighted by Gasteiger charge is -2.07. The summed E-state index contributed by atoms with van der Waals surface area (Å²) in [6.07, 6.45) is 0.333. The van der Waals surface area contributed by atoms with Gasteiger partial charge in [-0.3, -0.25) is 4.79 Å². The van der Waals surface area contributed by atoms with E-state index in [2.05, 4.69) is 15.9 Å². The molecular formula is C16H16BrNO2. The first kappa shape index (κ1) is 14.8. The minimum atomic E-state index is 0.0718. The SMILES string of the molecule is COc1ccc(Br)c(CC(=O)c2ccc(CN)cc2)c1. The molecule has 0 saturated heterocycles. The summed E-state index contributed by atoms with van der Waals surface area (Å²) in [5.74, 6) is 0.817. The zero-order valence-corrected chi connectivity index (χ0v) is 12.8. The largest absolute Gasteiger partial charge is 0.497 e. The molecule has 0 unspecified atom stereocenters. The molecule has 0 fully saturated rings. The molecule has 0 bridgehead atoms. The lowest BCUT2D eigenvalue weighted by Crippen LogP contribution is -2.05. The maximum Gasteiger partial charge on any atom is 0.167 e. The molecule has 20 heavy (non-hydrogen) atoms. The number of nitrogens with two attached hydrogens (primary N) is 1. The van der Waals surface area contributed by atoms with Crippen molar-refractivity contribution in [3.63, 3.8) is 0 Å². The van der Waals surface area contributed by atoms with Crippen LogP contribution in [-0.4, -0.2) is 12.9 Å². The second-order valence-electron chi connectivity index (χ2n) is 4.46. The van der Waals surface area contributed by atoms with E-state index in [9.17, 15) is 4.79 Å². The van der Waals surface area contributed by atoms with Gasteiger partial charge in [0.25, 0.3) is 0 Å². The van der Waals surface area contributed by atoms with Gasteiger partial charge in [0.2, 0.25) is 0 Å². The molecule has 0 aromatic heterocycles. The average molecular weight is 334 g/mol. The van der Waals surface area contributed by atoms with E-state index in [1.807, 2.05) is 42.5 Å². The predicted octanol–water partition coefficient (Wildman–Crippen LogP) is 3.34. The number of ether oxygens (including phenoxy) is 1. The van der Waals surface area contributed by atoms with Crippen LogP contribution >= 0.6 is 15.9 Å². The molecule has 0 amide bonds. The third kappa shape index (κ3) is 3.46. The van der Waals surface area contributed by atoms with Crippen LogP contribution in [-0.2, 0) is 13.0 Å². The third-order valence-corrected chi connectivity index (χ3v) is 3.89. The Morgan fingerprint density at radius 2 is 1.90 bits per heavy atom. The summed E-state index contributed by atoms with van der Waals surface area (Å²) >= 11 is 3.46. The smallest absolute Gasteiger partial charge is 0.167 e. The molecule has 0 aliphatic heterocycles. The summed E-state index contributed by atoms with van der Waals surface area (Å²) in [7, 11) is 1.61. The number of hydrogen-bond acceptors (Lipinski definition) is 3. The molecule has 4 heteroatoms. The number of methoxy groups -OCH3 is 1. The highest BCUT2D eigenvalue weighted by Crippen LogP contribution is 2.24. The van der Waals surface area contributed by atoms with Crippen molar-refractivity contribution in [3.05, 3.63) is 63.6 Å². The van der Waals surface area contributed by atoms with Gasteiger partial charge in [0, 0.05) is 23.0 Å². The molecule has 0 spiro atoms. The summed E-state index contributed by atoms with van der Waals surface area (Å²) in [5, 5.41) is 0. The Bertz CT molecular complexity index is 608. The number of hydrogen-bond donors (Lipinski definition) is 1. The van der Waals surface area contributed by atoms with Gasteiger partial charge in [-0.05, 0) is 29.3 Å². The summed E-state index contributed by atoms with van der Waals surface area (Å²) in [6.45, 7) is 0.482. The molecule has 2 aromatic rings. The summed E-state index contributed by atoms with van der Waals surface area (Å²) in [5.41, 5.74) is 8.17. The number of rotatable bonds is 5. The zero-order chi connectivity index (χ0) is 14.5. The van der Waals surface area contributed by atoms with E-state index in [-0.39, 0.29) is 5.78 Å². The Morgan fingerprint density at radius 3 is 2.50 bits per heavy atom. The van der Waals surface area contributed by atoms with Gasteiger partial charge < -0.3 is 10.5 Å². The van der Waals surface area contributed by atoms with E-state index in [1.54, 1.807) is 7.11 Å². The van der Waals surface area contributed by atoms with Gasteiger partial charge in [-0.25, -0.2) is 0 Å². The maximum absolute atomic E-state index is 12.3. The molecule has 0 aliphatic rings. The molecule has 0 saturated carbocycles. The highest BCUT2D eigenvalue weighted by molar-refractivity contribution is 9.10. The molecular weight excluding hydrogens is 318 g/mol. The van der Waals surface area contributed by atoms with Crippen LogP contribution in [0, 0.1) is 0 Å². The standard InChI is InChI=1S/C16H16BrNO2/c1-20-14-6-7-15(17)13(8-14)9-16(19)12-4-2-11(10-18)3-5-12/h2-8H,9-10,18H2,1H3. The van der Waals surface area contributed by atoms with Crippen LogP contribution in [0.2, 0.25) is 0 Å². The fourth-order valence-corrected chi connectivity index (χ4v) is 2.30. The van der Waals surface area contributed by atoms with Gasteiger partial charge in [-0.2, -0.15) is 0 Å². The highest BCUT2D eigenvalue weighted by Gasteiger charge is 2.10. The number of benzene rings is 2. The van der Waals surface area contributed by atoms with Crippen molar-refractivity contribution in [3.8, 4) is 5.75 Å². The van der Waals surface area contributed by atoms with E-state index >= 15 is 0 Å². The van der Waals surface area contributed by atoms with Gasteiger partial charge in [-0.1, -0.05) is 40.2 Å². The van der Waals surface area contributed by atoms with Crippen molar-refractivity contribution < 1.29 is 9.53 Å². The molecule has 3 nitrogen and oxygen atoms in total. The molecule has 2 aromatic carbocycles. The molecule has 0 atom stereocenters. The number of Topliss-reactive ketones (excluding diaryl/α,β-unsaturated/α-hetero) is 1. The number of halogens is 1. The Balaban J connectivity index is 2.18. The lowest BCUT2D eigenvalue weighted by atomic mass is 10.0. The molecule has 0 radical (unpaired) electrons. The lowest BCUT2D eigenvalue weighted by molar-refractivity contribution is 0.0993. The van der Waals surface area contributed by atoms with Gasteiger partial charge in [0.05, 0.1) is 7.11 Å². The van der Waals surface area contributed by atoms with Crippen molar-refractivity contribution in [1.82, 2.24) is 0 Å². The number of carbonyl (C=O) groups excluding carboxylic acids is 1. The van der Waals surface area contributed by atoms with Crippen LogP contribution < -0.4 is 10.5 Å². The predicted molar refractivity (Wildman–Crippen MR) is 83.1 cm³/mol. The van der Waals surface area contributed by atoms with E-state index in [1.165, 1.54) is 0 Å². The second kappa shape index (κ2) is 6.68. The first-order chi connectivity index (χ1) is 9.63. The second-order valence-corrected chi connectivity index (χ2v) is 5.31. The molecule has 2 rings (SSSR count). The Hall–Kier alpha value is -1.65. The van der Waals surface area contributed by atoms with Crippen molar-refractivity contribution >= 4 is 21.7 Å². The summed E-state index contributed by atoms with van der Waals surface area (Å²) in [4.78, 5) is 12.3. The van der Waals surface area contributed by atoms with Crippen LogP contribution in [0.4, 0.5) is 0 Å². The minimum absolute atomic E-state index is 0.0718. The Kier molecular flexibility index (Phi) is 4.93. The molecule has 0 heterocycles. The molecule has 2 N–H and O–H groups in total. The van der Waals surface area contributed by atoms with E-state index in [4.69, 9.17) is 10.5 Å². The van der Waals surface area contributed by atoms with Crippen molar-refractivity contribution in [2.45, 2.75) is 13.0 Å². The van der Waals surface area contributed by atoms with Gasteiger partial charge in [0.15, 0.2) is 5.78 Å². The van der Waals surface area contributed by atoms with Crippen molar-refractivity contribution in [2.75, 3.05) is 7.11 Å². The first-order valence-corrected chi connectivity index (χ1v) is 7.08. The average Bonchev–Trinajstić information content (AvgIpc) is 2.49. The highest BCUT2D eigenvalue weighted by atomic mass is 79.9. The molecule has 0 aliphatic carbocycles. The van der Waals surface area contributed by atoms with Crippen molar-refractivity contribution in [2.24, 2.45) is 5.73 Å². The van der Waals surface area contributed by atoms with E-state index < -0.39 is 0 Å². The number of carbonyl (C=O) groups is 1. The van der Waals surface area contributed by atoms with Gasteiger partial charge in [0.1, 0.15) is 5.75 Å². The van der Waals surface area contributed by atoms with Crippen LogP contribution in [0.5, 0.6) is 5.75 Å². The Morgan fingerprint density at radius 1 is 1.20 bits per heavy atom. The van der Waals surface area contributed by atoms with Crippen LogP contribution in [0.1, 0.15) is 21.5 Å². The summed E-state index contributed by atoms with van der Waals surface area (Å²) in [6, 6.07) is 13.0. The molecule has 104 valence electrons. The maximum atomic E-state index is 12.3. The van der Waals surface area contributed by atoms with Crippen molar-refractivity contribution in [1.29, 1.82) is 0 Å². The topological polar surface area (TPSA) is 52.3 Å². The van der Waals surface area contributed by atoms with Gasteiger partial charge >= 0.3 is 0 Å². The Labute approximate surface area is 126 Å². The number of ketones is 1. The normalized spacial score (nSPS) is 10.3. The first-order valence-electron chi connectivity index (χ1n) is 6.28. The van der Waals surface area contributed by atoms with Crippen LogP contribution in [0.25, 0.3) is 0 Å². The van der Waals surface area contributed by atoms with E-state index in [0.717, 1.165) is 21.3 Å². The summed E-state index contributed by atoms with van der Waals surface area (Å²) < 4.78 is 6.09. The van der Waals surface area contributed by atoms with E-state index in [0.29, 0.717) is 18.5 Å².